The Morgan fingerprint density at radius 3 is 2.07 bits per heavy atom. The van der Waals surface area contributed by atoms with Crippen LogP contribution in [0.3, 0.4) is 0 Å². The lowest BCUT2D eigenvalue weighted by molar-refractivity contribution is -0.116. The van der Waals surface area contributed by atoms with E-state index in [1.807, 2.05) is 32.0 Å². The molecule has 28 heavy (non-hydrogen) atoms. The van der Waals surface area contributed by atoms with Crippen molar-refractivity contribution in [3.63, 3.8) is 0 Å². The van der Waals surface area contributed by atoms with E-state index in [1.165, 1.54) is 7.05 Å². The van der Waals surface area contributed by atoms with Crippen molar-refractivity contribution in [3.05, 3.63) is 59.2 Å². The molecule has 0 aliphatic rings. The molecule has 150 valence electrons. The van der Waals surface area contributed by atoms with Crippen molar-refractivity contribution in [1.82, 2.24) is 4.90 Å². The van der Waals surface area contributed by atoms with E-state index in [1.54, 1.807) is 0 Å². The minimum absolute atomic E-state index is 0.0792. The van der Waals surface area contributed by atoms with Crippen molar-refractivity contribution >= 4 is 27.3 Å². The summed E-state index contributed by atoms with van der Waals surface area (Å²) in [7, 11) is -3.31. The van der Waals surface area contributed by atoms with Crippen LogP contribution in [-0.2, 0) is 14.6 Å². The lowest BCUT2D eigenvalue weighted by atomic mass is 10.1. The van der Waals surface area contributed by atoms with Crippen LogP contribution >= 0.6 is 0 Å². The number of anilines is 1. The highest BCUT2D eigenvalue weighted by Crippen LogP contribution is 2.20. The molecule has 0 unspecified atom stereocenters. The highest BCUT2D eigenvalue weighted by atomic mass is 32.2. The first-order valence-electron chi connectivity index (χ1n) is 8.27. The summed E-state index contributed by atoms with van der Waals surface area (Å²) >= 11 is 0. The Morgan fingerprint density at radius 2 is 1.57 bits per heavy atom. The van der Waals surface area contributed by atoms with Gasteiger partial charge >= 0.3 is 5.76 Å². The molecule has 0 spiro atoms. The normalized spacial score (nSPS) is 11.4. The number of halogens is 2. The maximum Gasteiger partial charge on any atom is 0.341 e. The summed E-state index contributed by atoms with van der Waals surface area (Å²) in [6.07, 6.45) is 0. The van der Waals surface area contributed by atoms with E-state index >= 15 is 0 Å². The Hall–Kier alpha value is -2.81. The summed E-state index contributed by atoms with van der Waals surface area (Å²) < 4.78 is 48.0. The highest BCUT2D eigenvalue weighted by Gasteiger charge is 2.26. The minimum atomic E-state index is -4.72. The van der Waals surface area contributed by atoms with Crippen LogP contribution in [0.15, 0.2) is 47.4 Å². The molecule has 0 aromatic heterocycles. The number of hydrogen-bond acceptors (Lipinski definition) is 4. The van der Waals surface area contributed by atoms with E-state index in [-0.39, 0.29) is 12.1 Å². The number of para-hydroxylation sites is 1. The minimum Gasteiger partial charge on any atom is -0.332 e. The van der Waals surface area contributed by atoms with Crippen molar-refractivity contribution < 1.29 is 26.8 Å². The molecule has 1 N–H and O–H groups in total. The molecule has 0 atom stereocenters. The topological polar surface area (TPSA) is 83.6 Å². The number of likely N-dealkylation sites (N-methyl/N-ethyl adjacent to an activating group) is 1. The van der Waals surface area contributed by atoms with E-state index in [4.69, 9.17) is 0 Å². The number of carbonyl (C=O) groups is 2. The van der Waals surface area contributed by atoms with Crippen molar-refractivity contribution in [2.24, 2.45) is 0 Å². The molecule has 6 nitrogen and oxygen atoms in total. The van der Waals surface area contributed by atoms with Gasteiger partial charge in [-0.05, 0) is 49.2 Å². The van der Waals surface area contributed by atoms with Crippen LogP contribution in [-0.4, -0.2) is 44.5 Å². The number of rotatable bonds is 6. The Kier molecular flexibility index (Phi) is 6.50. The first-order chi connectivity index (χ1) is 13.0. The first-order valence-corrected chi connectivity index (χ1v) is 9.82. The van der Waals surface area contributed by atoms with Gasteiger partial charge < -0.3 is 10.2 Å². The van der Waals surface area contributed by atoms with Gasteiger partial charge in [0.15, 0.2) is 0 Å². The number of sulfone groups is 1. The molecule has 0 saturated heterocycles. The number of nitrogens with zero attached hydrogens (tertiary/aromatic N) is 1. The molecule has 0 radical (unpaired) electrons. The zero-order valence-corrected chi connectivity index (χ0v) is 16.4. The monoisotopic (exact) mass is 410 g/mol. The molecular formula is C19H20F2N2O4S. The molecule has 0 fully saturated rings. The van der Waals surface area contributed by atoms with Gasteiger partial charge in [-0.1, -0.05) is 18.2 Å². The number of benzene rings is 2. The molecule has 0 saturated carbocycles. The molecule has 0 bridgehead atoms. The third-order valence-electron chi connectivity index (χ3n) is 4.14. The number of hydrogen-bond donors (Lipinski definition) is 1. The van der Waals surface area contributed by atoms with Gasteiger partial charge in [-0.25, -0.2) is 8.42 Å². The highest BCUT2D eigenvalue weighted by molar-refractivity contribution is 7.91. The molecule has 2 aromatic rings. The van der Waals surface area contributed by atoms with Crippen LogP contribution in [0, 0.1) is 13.8 Å². The average molecular weight is 410 g/mol. The fourth-order valence-corrected chi connectivity index (χ4v) is 3.31. The van der Waals surface area contributed by atoms with Crippen LogP contribution in [0.5, 0.6) is 0 Å². The van der Waals surface area contributed by atoms with E-state index in [9.17, 15) is 26.8 Å². The SMILES string of the molecule is Cc1cccc(C)c1NC(=O)CN(C)C(=O)c1ccc(S(=O)(=O)C(F)F)cc1. The van der Waals surface area contributed by atoms with Crippen LogP contribution < -0.4 is 5.32 Å². The molecule has 2 aromatic carbocycles. The molecule has 9 heteroatoms. The van der Waals surface area contributed by atoms with Gasteiger partial charge in [-0.15, -0.1) is 0 Å². The lowest BCUT2D eigenvalue weighted by Gasteiger charge is -2.18. The largest absolute Gasteiger partial charge is 0.341 e. The number of amides is 2. The molecular weight excluding hydrogens is 390 g/mol. The summed E-state index contributed by atoms with van der Waals surface area (Å²) in [6, 6.07) is 9.74. The van der Waals surface area contributed by atoms with Crippen molar-refractivity contribution in [3.8, 4) is 0 Å². The second kappa shape index (κ2) is 8.47. The zero-order valence-electron chi connectivity index (χ0n) is 15.6. The van der Waals surface area contributed by atoms with E-state index in [2.05, 4.69) is 5.32 Å². The van der Waals surface area contributed by atoms with E-state index in [0.29, 0.717) is 5.69 Å². The zero-order chi connectivity index (χ0) is 21.1. The Morgan fingerprint density at radius 1 is 1.04 bits per heavy atom. The predicted molar refractivity (Wildman–Crippen MR) is 101 cm³/mol. The predicted octanol–water partition coefficient (Wildman–Crippen LogP) is 3.01. The maximum atomic E-state index is 12.6. The number of aryl methyl sites for hydroxylation is 2. The Labute approximate surface area is 162 Å². The number of carbonyl (C=O) groups excluding carboxylic acids is 2. The van der Waals surface area contributed by atoms with Crippen LogP contribution in [0.25, 0.3) is 0 Å². The number of alkyl halides is 2. The van der Waals surface area contributed by atoms with Crippen LogP contribution in [0.2, 0.25) is 0 Å². The van der Waals surface area contributed by atoms with Crippen molar-refractivity contribution in [2.75, 3.05) is 18.9 Å². The molecule has 0 aliphatic heterocycles. The summed E-state index contributed by atoms with van der Waals surface area (Å²) in [5.41, 5.74) is 2.53. The van der Waals surface area contributed by atoms with Gasteiger partial charge in [0.2, 0.25) is 15.7 Å². The average Bonchev–Trinajstić information content (AvgIpc) is 2.64. The van der Waals surface area contributed by atoms with Gasteiger partial charge in [0.05, 0.1) is 11.4 Å². The van der Waals surface area contributed by atoms with Crippen molar-refractivity contribution in [2.45, 2.75) is 24.5 Å². The molecule has 0 aliphatic carbocycles. The van der Waals surface area contributed by atoms with Crippen LogP contribution in [0.1, 0.15) is 21.5 Å². The fraction of sp³-hybridized carbons (Fsp3) is 0.263. The summed E-state index contributed by atoms with van der Waals surface area (Å²) in [4.78, 5) is 25.2. The Bertz CT molecular complexity index is 969. The summed E-state index contributed by atoms with van der Waals surface area (Å²) in [6.45, 7) is 3.47. The first kappa shape index (κ1) is 21.5. The van der Waals surface area contributed by atoms with E-state index in [0.717, 1.165) is 40.3 Å². The maximum absolute atomic E-state index is 12.6. The third-order valence-corrected chi connectivity index (χ3v) is 5.54. The van der Waals surface area contributed by atoms with E-state index < -0.39 is 32.3 Å². The van der Waals surface area contributed by atoms with Crippen molar-refractivity contribution in [1.29, 1.82) is 0 Å². The van der Waals surface area contributed by atoms with Gasteiger partial charge in [-0.2, -0.15) is 8.78 Å². The van der Waals surface area contributed by atoms with Gasteiger partial charge in [0.25, 0.3) is 5.91 Å². The van der Waals surface area contributed by atoms with Gasteiger partial charge in [0.1, 0.15) is 0 Å². The van der Waals surface area contributed by atoms with Crippen LogP contribution in [0.4, 0.5) is 14.5 Å². The summed E-state index contributed by atoms with van der Waals surface area (Å²) in [5.74, 6) is -4.48. The molecule has 2 amide bonds. The summed E-state index contributed by atoms with van der Waals surface area (Å²) in [5, 5.41) is 2.76. The quantitative estimate of drug-likeness (QED) is 0.794. The third kappa shape index (κ3) is 4.72. The fourth-order valence-electron chi connectivity index (χ4n) is 2.59. The smallest absolute Gasteiger partial charge is 0.332 e. The Balaban J connectivity index is 2.07. The second-order valence-electron chi connectivity index (χ2n) is 6.31. The molecule has 2 rings (SSSR count). The molecule has 0 heterocycles. The number of nitrogens with one attached hydrogen (secondary N) is 1. The van der Waals surface area contributed by atoms with Gasteiger partial charge in [0, 0.05) is 18.3 Å². The van der Waals surface area contributed by atoms with Gasteiger partial charge in [-0.3, -0.25) is 9.59 Å². The second-order valence-corrected chi connectivity index (χ2v) is 8.22. The lowest BCUT2D eigenvalue weighted by Crippen LogP contribution is -2.35. The standard InChI is InChI=1S/C19H20F2N2O4S/c1-12-5-4-6-13(2)17(12)22-16(24)11-23(3)18(25)14-7-9-15(10-8-14)28(26,27)19(20)21/h4-10,19H,11H2,1-3H3,(H,22,24).